The van der Waals surface area contributed by atoms with Crippen molar-refractivity contribution in [2.75, 3.05) is 0 Å². The van der Waals surface area contributed by atoms with E-state index in [-0.39, 0.29) is 12.2 Å². The lowest BCUT2D eigenvalue weighted by molar-refractivity contribution is -0.139. The summed E-state index contributed by atoms with van der Waals surface area (Å²) >= 11 is 0. The number of benzene rings is 3. The fourth-order valence-corrected chi connectivity index (χ4v) is 4.19. The predicted octanol–water partition coefficient (Wildman–Crippen LogP) is 5.96. The number of carboxylic acids is 1. The Labute approximate surface area is 190 Å². The van der Waals surface area contributed by atoms with Gasteiger partial charge in [0.25, 0.3) is 0 Å². The van der Waals surface area contributed by atoms with Crippen molar-refractivity contribution in [2.45, 2.75) is 25.4 Å². The first-order valence-corrected chi connectivity index (χ1v) is 10.5. The SMILES string of the molecule is C=C(c1cccc(F)c1)[C@@H](Cc1ccccc1C1(C)CC(c2cccc(F)c2)=NO1)C(=O)O. The second kappa shape index (κ2) is 8.98. The van der Waals surface area contributed by atoms with Crippen LogP contribution < -0.4 is 0 Å². The zero-order valence-electron chi connectivity index (χ0n) is 18.1. The lowest BCUT2D eigenvalue weighted by atomic mass is 9.81. The Morgan fingerprint density at radius 1 is 1.09 bits per heavy atom. The number of aliphatic carboxylic acids is 1. The fraction of sp³-hybridized carbons (Fsp3) is 0.185. The van der Waals surface area contributed by atoms with Crippen LogP contribution in [0.1, 0.15) is 35.6 Å². The standard InChI is InChI=1S/C27H23F2NO3/c1-17(18-8-5-10-21(28)13-18)23(26(31)32)15-19-7-3-4-12-24(19)27(2)16-25(30-33-27)20-9-6-11-22(29)14-20/h3-14,23H,1,15-16H2,2H3,(H,31,32)/t23-,27?/m1/s1. The Kier molecular flexibility index (Phi) is 6.09. The van der Waals surface area contributed by atoms with Gasteiger partial charge in [0.05, 0.1) is 11.6 Å². The predicted molar refractivity (Wildman–Crippen MR) is 123 cm³/mol. The van der Waals surface area contributed by atoms with Crippen molar-refractivity contribution in [1.82, 2.24) is 0 Å². The Bertz CT molecular complexity index is 1250. The van der Waals surface area contributed by atoms with Gasteiger partial charge in [0.15, 0.2) is 5.60 Å². The highest BCUT2D eigenvalue weighted by atomic mass is 19.1. The van der Waals surface area contributed by atoms with Crippen LogP contribution in [0, 0.1) is 17.6 Å². The first-order valence-electron chi connectivity index (χ1n) is 10.5. The average molecular weight is 447 g/mol. The number of carbonyl (C=O) groups is 1. The highest BCUT2D eigenvalue weighted by molar-refractivity contribution is 6.01. The van der Waals surface area contributed by atoms with Crippen LogP contribution in [-0.2, 0) is 21.7 Å². The maximum Gasteiger partial charge on any atom is 0.311 e. The van der Waals surface area contributed by atoms with Gasteiger partial charge in [0, 0.05) is 17.5 Å². The summed E-state index contributed by atoms with van der Waals surface area (Å²) in [6.45, 7) is 5.83. The molecule has 4 rings (SSSR count). The second-order valence-electron chi connectivity index (χ2n) is 8.33. The van der Waals surface area contributed by atoms with Crippen molar-refractivity contribution in [3.63, 3.8) is 0 Å². The van der Waals surface area contributed by atoms with Gasteiger partial charge in [-0.15, -0.1) is 0 Å². The van der Waals surface area contributed by atoms with Crippen molar-refractivity contribution in [3.8, 4) is 0 Å². The summed E-state index contributed by atoms with van der Waals surface area (Å²) < 4.78 is 27.4. The molecule has 0 bridgehead atoms. The van der Waals surface area contributed by atoms with Crippen molar-refractivity contribution in [3.05, 3.63) is 113 Å². The Balaban J connectivity index is 1.62. The normalized spacial score (nSPS) is 18.3. The lowest BCUT2D eigenvalue weighted by Crippen LogP contribution is -2.26. The molecule has 0 radical (unpaired) electrons. The third-order valence-corrected chi connectivity index (χ3v) is 5.95. The topological polar surface area (TPSA) is 58.9 Å². The molecule has 0 aliphatic carbocycles. The molecule has 1 unspecified atom stereocenters. The number of carboxylic acid groups (broad SMARTS) is 1. The zero-order valence-corrected chi connectivity index (χ0v) is 18.1. The summed E-state index contributed by atoms with van der Waals surface area (Å²) in [6.07, 6.45) is 0.547. The van der Waals surface area contributed by atoms with Crippen LogP contribution in [0.25, 0.3) is 5.57 Å². The van der Waals surface area contributed by atoms with Gasteiger partial charge in [0.2, 0.25) is 0 Å². The van der Waals surface area contributed by atoms with Crippen LogP contribution in [0.4, 0.5) is 8.78 Å². The first-order chi connectivity index (χ1) is 15.8. The molecule has 0 spiro atoms. The molecule has 0 saturated carbocycles. The van der Waals surface area contributed by atoms with E-state index in [1.54, 1.807) is 18.2 Å². The van der Waals surface area contributed by atoms with E-state index in [1.165, 1.54) is 30.3 Å². The van der Waals surface area contributed by atoms with Gasteiger partial charge >= 0.3 is 5.97 Å². The van der Waals surface area contributed by atoms with Gasteiger partial charge in [-0.3, -0.25) is 4.79 Å². The molecule has 168 valence electrons. The maximum atomic E-state index is 13.7. The van der Waals surface area contributed by atoms with Gasteiger partial charge in [-0.2, -0.15) is 0 Å². The van der Waals surface area contributed by atoms with Crippen LogP contribution in [0.3, 0.4) is 0 Å². The monoisotopic (exact) mass is 447 g/mol. The third-order valence-electron chi connectivity index (χ3n) is 5.95. The van der Waals surface area contributed by atoms with Gasteiger partial charge in [-0.25, -0.2) is 8.78 Å². The molecule has 3 aromatic carbocycles. The van der Waals surface area contributed by atoms with Gasteiger partial charge in [0.1, 0.15) is 11.6 Å². The van der Waals surface area contributed by atoms with Crippen molar-refractivity contribution < 1.29 is 23.5 Å². The van der Waals surface area contributed by atoms with E-state index in [4.69, 9.17) is 4.84 Å². The van der Waals surface area contributed by atoms with E-state index in [9.17, 15) is 18.7 Å². The summed E-state index contributed by atoms with van der Waals surface area (Å²) in [5.74, 6) is -2.81. The first kappa shape index (κ1) is 22.4. The van der Waals surface area contributed by atoms with Crippen LogP contribution in [0.15, 0.2) is 84.5 Å². The van der Waals surface area contributed by atoms with E-state index >= 15 is 0 Å². The fourth-order valence-electron chi connectivity index (χ4n) is 4.19. The van der Waals surface area contributed by atoms with Gasteiger partial charge in [-0.05, 0) is 54.3 Å². The molecular weight excluding hydrogens is 424 g/mol. The summed E-state index contributed by atoms with van der Waals surface area (Å²) in [4.78, 5) is 18.0. The van der Waals surface area contributed by atoms with E-state index in [0.717, 1.165) is 11.1 Å². The number of hydrogen-bond donors (Lipinski definition) is 1. The molecule has 2 atom stereocenters. The molecule has 1 N–H and O–H groups in total. The molecule has 0 aromatic heterocycles. The Morgan fingerprint density at radius 2 is 1.79 bits per heavy atom. The largest absolute Gasteiger partial charge is 0.481 e. The summed E-state index contributed by atoms with van der Waals surface area (Å²) in [5, 5.41) is 14.1. The molecule has 33 heavy (non-hydrogen) atoms. The molecule has 6 heteroatoms. The molecule has 0 saturated heterocycles. The number of hydrogen-bond acceptors (Lipinski definition) is 3. The van der Waals surface area contributed by atoms with E-state index in [2.05, 4.69) is 11.7 Å². The Morgan fingerprint density at radius 3 is 2.48 bits per heavy atom. The smallest absolute Gasteiger partial charge is 0.311 e. The second-order valence-corrected chi connectivity index (χ2v) is 8.33. The number of halogens is 2. The summed E-state index contributed by atoms with van der Waals surface area (Å²) in [6, 6.07) is 19.3. The average Bonchev–Trinajstić information content (AvgIpc) is 3.20. The minimum Gasteiger partial charge on any atom is -0.481 e. The summed E-state index contributed by atoms with van der Waals surface area (Å²) in [7, 11) is 0. The molecule has 1 heterocycles. The highest BCUT2D eigenvalue weighted by Crippen LogP contribution is 2.39. The minimum atomic E-state index is -1.05. The lowest BCUT2D eigenvalue weighted by Gasteiger charge is -2.26. The molecule has 4 nitrogen and oxygen atoms in total. The molecule has 1 aliphatic rings. The van der Waals surface area contributed by atoms with Crippen molar-refractivity contribution >= 4 is 17.3 Å². The summed E-state index contributed by atoms with van der Waals surface area (Å²) in [5.41, 5.74) is 2.73. The molecule has 0 fully saturated rings. The Hall–Kier alpha value is -3.80. The maximum absolute atomic E-state index is 13.7. The quantitative estimate of drug-likeness (QED) is 0.486. The van der Waals surface area contributed by atoms with Crippen molar-refractivity contribution in [1.29, 1.82) is 0 Å². The molecule has 3 aromatic rings. The van der Waals surface area contributed by atoms with E-state index in [0.29, 0.717) is 28.8 Å². The van der Waals surface area contributed by atoms with E-state index < -0.39 is 23.3 Å². The molecular formula is C27H23F2NO3. The third kappa shape index (κ3) is 4.70. The van der Waals surface area contributed by atoms with Crippen LogP contribution in [-0.4, -0.2) is 16.8 Å². The van der Waals surface area contributed by atoms with E-state index in [1.807, 2.05) is 31.2 Å². The highest BCUT2D eigenvalue weighted by Gasteiger charge is 2.39. The zero-order chi connectivity index (χ0) is 23.6. The number of rotatable bonds is 7. The number of oxime groups is 1. The molecule has 1 aliphatic heterocycles. The number of nitrogens with zero attached hydrogens (tertiary/aromatic N) is 1. The van der Waals surface area contributed by atoms with Gasteiger partial charge < -0.3 is 9.94 Å². The van der Waals surface area contributed by atoms with Gasteiger partial charge in [-0.1, -0.05) is 60.3 Å². The minimum absolute atomic E-state index is 0.148. The molecule has 0 amide bonds. The van der Waals surface area contributed by atoms with Crippen molar-refractivity contribution in [2.24, 2.45) is 11.1 Å². The van der Waals surface area contributed by atoms with Crippen LogP contribution in [0.5, 0.6) is 0 Å². The van der Waals surface area contributed by atoms with Crippen LogP contribution >= 0.6 is 0 Å². The van der Waals surface area contributed by atoms with Crippen LogP contribution in [0.2, 0.25) is 0 Å².